The molecule has 70 valence electrons. The molecule has 1 heterocycles. The van der Waals surface area contributed by atoms with Gasteiger partial charge in [-0.1, -0.05) is 0 Å². The average Bonchev–Trinajstić information content (AvgIpc) is 2.02. The summed E-state index contributed by atoms with van der Waals surface area (Å²) in [5.41, 5.74) is 0.653. The van der Waals surface area contributed by atoms with Crippen LogP contribution in [0.5, 0.6) is 0 Å². The van der Waals surface area contributed by atoms with E-state index in [2.05, 4.69) is 11.9 Å². The molecule has 0 aromatic heterocycles. The molecule has 2 rings (SSSR count). The van der Waals surface area contributed by atoms with Crippen LogP contribution in [0.1, 0.15) is 25.7 Å². The van der Waals surface area contributed by atoms with Crippen LogP contribution in [0.2, 0.25) is 0 Å². The summed E-state index contributed by atoms with van der Waals surface area (Å²) in [6, 6.07) is 0. The van der Waals surface area contributed by atoms with Gasteiger partial charge in [-0.2, -0.15) is 0 Å². The highest BCUT2D eigenvalue weighted by molar-refractivity contribution is 4.96. The van der Waals surface area contributed by atoms with E-state index < -0.39 is 0 Å². The molecule has 2 nitrogen and oxygen atoms in total. The van der Waals surface area contributed by atoms with Crippen LogP contribution < -0.4 is 0 Å². The van der Waals surface area contributed by atoms with Crippen molar-refractivity contribution < 1.29 is 5.11 Å². The van der Waals surface area contributed by atoms with Crippen molar-refractivity contribution in [2.75, 3.05) is 26.7 Å². The Morgan fingerprint density at radius 3 is 2.42 bits per heavy atom. The van der Waals surface area contributed by atoms with Crippen molar-refractivity contribution >= 4 is 0 Å². The van der Waals surface area contributed by atoms with Crippen molar-refractivity contribution in [3.05, 3.63) is 0 Å². The third kappa shape index (κ3) is 1.38. The molecule has 12 heavy (non-hydrogen) atoms. The van der Waals surface area contributed by atoms with Crippen LogP contribution in [-0.2, 0) is 0 Å². The Kier molecular flexibility index (Phi) is 2.13. The number of aliphatic hydroxyl groups is 1. The monoisotopic (exact) mass is 169 g/mol. The Morgan fingerprint density at radius 1 is 1.33 bits per heavy atom. The average molecular weight is 169 g/mol. The van der Waals surface area contributed by atoms with Crippen LogP contribution in [0, 0.1) is 11.3 Å². The number of hydrogen-bond acceptors (Lipinski definition) is 2. The van der Waals surface area contributed by atoms with Gasteiger partial charge in [-0.25, -0.2) is 0 Å². The van der Waals surface area contributed by atoms with E-state index in [4.69, 9.17) is 5.11 Å². The summed E-state index contributed by atoms with van der Waals surface area (Å²) in [5.74, 6) is 0.633. The van der Waals surface area contributed by atoms with Crippen molar-refractivity contribution in [1.82, 2.24) is 4.90 Å². The van der Waals surface area contributed by atoms with Crippen molar-refractivity contribution in [3.8, 4) is 0 Å². The minimum absolute atomic E-state index is 0.414. The quantitative estimate of drug-likeness (QED) is 0.635. The van der Waals surface area contributed by atoms with Gasteiger partial charge in [0.15, 0.2) is 0 Å². The number of nitrogens with zero attached hydrogens (tertiary/aromatic N) is 1. The molecule has 0 bridgehead atoms. The third-order valence-electron chi connectivity index (χ3n) is 3.75. The molecule has 1 saturated heterocycles. The van der Waals surface area contributed by atoms with Gasteiger partial charge in [0.25, 0.3) is 0 Å². The molecule has 0 amide bonds. The number of hydrogen-bond donors (Lipinski definition) is 1. The lowest BCUT2D eigenvalue weighted by Crippen LogP contribution is -2.46. The van der Waals surface area contributed by atoms with Crippen molar-refractivity contribution in [2.45, 2.75) is 25.7 Å². The number of piperidine rings is 1. The Hall–Kier alpha value is -0.0800. The third-order valence-corrected chi connectivity index (χ3v) is 3.75. The zero-order chi connectivity index (χ0) is 8.60. The van der Waals surface area contributed by atoms with E-state index in [0.717, 1.165) is 0 Å². The van der Waals surface area contributed by atoms with Crippen molar-refractivity contribution in [1.29, 1.82) is 0 Å². The highest BCUT2D eigenvalue weighted by Gasteiger charge is 2.44. The van der Waals surface area contributed by atoms with Crippen LogP contribution >= 0.6 is 0 Å². The maximum absolute atomic E-state index is 8.94. The fraction of sp³-hybridized carbons (Fsp3) is 1.00. The Morgan fingerprint density at radius 2 is 1.92 bits per heavy atom. The van der Waals surface area contributed by atoms with Gasteiger partial charge < -0.3 is 10.0 Å². The molecule has 2 heteroatoms. The topological polar surface area (TPSA) is 23.5 Å². The molecule has 0 radical (unpaired) electrons. The van der Waals surface area contributed by atoms with Crippen LogP contribution in [-0.4, -0.2) is 36.8 Å². The van der Waals surface area contributed by atoms with Gasteiger partial charge in [0, 0.05) is 6.61 Å². The minimum atomic E-state index is 0.414. The Bertz CT molecular complexity index is 146. The standard InChI is InChI=1S/C10H19NO/c1-11-4-2-10(3-5-11)6-9(7-10)8-12/h9,12H,2-8H2,1H3. The smallest absolute Gasteiger partial charge is 0.0459 e. The van der Waals surface area contributed by atoms with Gasteiger partial charge in [-0.3, -0.25) is 0 Å². The lowest BCUT2D eigenvalue weighted by Gasteiger charge is -2.51. The Labute approximate surface area is 74.6 Å². The first-order valence-corrected chi connectivity index (χ1v) is 5.03. The highest BCUT2D eigenvalue weighted by Crippen LogP contribution is 2.52. The molecule has 0 unspecified atom stereocenters. The summed E-state index contributed by atoms with van der Waals surface area (Å²) >= 11 is 0. The SMILES string of the molecule is CN1CCC2(CC1)CC(CO)C2. The molecule has 1 saturated carbocycles. The van der Waals surface area contributed by atoms with E-state index in [1.807, 2.05) is 0 Å². The first-order valence-electron chi connectivity index (χ1n) is 5.03. The fourth-order valence-electron chi connectivity index (χ4n) is 2.80. The number of likely N-dealkylation sites (tertiary alicyclic amines) is 1. The van der Waals surface area contributed by atoms with Gasteiger partial charge in [0.2, 0.25) is 0 Å². The zero-order valence-corrected chi connectivity index (χ0v) is 7.92. The second-order valence-corrected chi connectivity index (χ2v) is 4.76. The van der Waals surface area contributed by atoms with Gasteiger partial charge in [0.1, 0.15) is 0 Å². The molecule has 1 aliphatic carbocycles. The van der Waals surface area contributed by atoms with E-state index in [1.165, 1.54) is 38.8 Å². The lowest BCUT2D eigenvalue weighted by atomic mass is 9.58. The predicted molar refractivity (Wildman–Crippen MR) is 49.0 cm³/mol. The van der Waals surface area contributed by atoms with Gasteiger partial charge in [0.05, 0.1) is 0 Å². The molecule has 0 aromatic rings. The summed E-state index contributed by atoms with van der Waals surface area (Å²) in [7, 11) is 2.20. The van der Waals surface area contributed by atoms with Gasteiger partial charge in [-0.05, 0) is 57.2 Å². The molecule has 0 aromatic carbocycles. The lowest BCUT2D eigenvalue weighted by molar-refractivity contribution is -0.0289. The highest BCUT2D eigenvalue weighted by atomic mass is 16.3. The summed E-state index contributed by atoms with van der Waals surface area (Å²) in [6.07, 6.45) is 5.30. The zero-order valence-electron chi connectivity index (χ0n) is 7.92. The van der Waals surface area contributed by atoms with Crippen LogP contribution in [0.15, 0.2) is 0 Å². The van der Waals surface area contributed by atoms with Gasteiger partial charge in [-0.15, -0.1) is 0 Å². The maximum atomic E-state index is 8.94. The molecule has 2 fully saturated rings. The maximum Gasteiger partial charge on any atom is 0.0459 e. The molecule has 1 N–H and O–H groups in total. The summed E-state index contributed by atoms with van der Waals surface area (Å²) in [4.78, 5) is 2.41. The van der Waals surface area contributed by atoms with Gasteiger partial charge >= 0.3 is 0 Å². The Balaban J connectivity index is 1.83. The first-order chi connectivity index (χ1) is 5.74. The predicted octanol–water partition coefficient (Wildman–Crippen LogP) is 1.10. The van der Waals surface area contributed by atoms with E-state index in [0.29, 0.717) is 17.9 Å². The van der Waals surface area contributed by atoms with E-state index >= 15 is 0 Å². The first kappa shape index (κ1) is 8.52. The molecular weight excluding hydrogens is 150 g/mol. The molecule has 1 aliphatic heterocycles. The summed E-state index contributed by atoms with van der Waals surface area (Å²) < 4.78 is 0. The van der Waals surface area contributed by atoms with E-state index in [-0.39, 0.29) is 0 Å². The molecule has 2 aliphatic rings. The fourth-order valence-corrected chi connectivity index (χ4v) is 2.80. The van der Waals surface area contributed by atoms with Crippen LogP contribution in [0.25, 0.3) is 0 Å². The van der Waals surface area contributed by atoms with Crippen LogP contribution in [0.4, 0.5) is 0 Å². The number of aliphatic hydroxyl groups excluding tert-OH is 1. The van der Waals surface area contributed by atoms with E-state index in [9.17, 15) is 0 Å². The minimum Gasteiger partial charge on any atom is -0.396 e. The second kappa shape index (κ2) is 3.00. The largest absolute Gasteiger partial charge is 0.396 e. The number of rotatable bonds is 1. The normalized spacial score (nSPS) is 30.5. The molecule has 1 spiro atoms. The second-order valence-electron chi connectivity index (χ2n) is 4.76. The summed E-state index contributed by atoms with van der Waals surface area (Å²) in [6.45, 7) is 2.94. The summed E-state index contributed by atoms with van der Waals surface area (Å²) in [5, 5.41) is 8.94. The van der Waals surface area contributed by atoms with E-state index in [1.54, 1.807) is 0 Å². The van der Waals surface area contributed by atoms with Crippen LogP contribution in [0.3, 0.4) is 0 Å². The van der Waals surface area contributed by atoms with Crippen molar-refractivity contribution in [3.63, 3.8) is 0 Å². The van der Waals surface area contributed by atoms with Crippen molar-refractivity contribution in [2.24, 2.45) is 11.3 Å². The molecule has 0 atom stereocenters. The molecular formula is C10H19NO.